The first-order valence-electron chi connectivity index (χ1n) is 6.98. The number of hydrogen-bond donors (Lipinski definition) is 1. The Morgan fingerprint density at radius 1 is 1.35 bits per heavy atom. The monoisotopic (exact) mass is 345 g/mol. The molecule has 1 unspecified atom stereocenters. The van der Waals surface area contributed by atoms with Crippen molar-refractivity contribution in [3.05, 3.63) is 0 Å². The van der Waals surface area contributed by atoms with Crippen molar-refractivity contribution in [3.63, 3.8) is 0 Å². The highest BCUT2D eigenvalue weighted by atomic mass is 35.5. The van der Waals surface area contributed by atoms with Crippen LogP contribution in [0.15, 0.2) is 0 Å². The number of amides is 1. The van der Waals surface area contributed by atoms with E-state index in [1.807, 2.05) is 4.90 Å². The number of rotatable bonds is 7. The Morgan fingerprint density at radius 3 is 2.55 bits per heavy atom. The van der Waals surface area contributed by atoms with Gasteiger partial charge in [-0.05, 0) is 20.0 Å². The molecule has 7 heteroatoms. The fraction of sp³-hybridized carbons (Fsp3) is 0.923. The fourth-order valence-electron chi connectivity index (χ4n) is 2.14. The highest BCUT2D eigenvalue weighted by Crippen LogP contribution is 2.06. The van der Waals surface area contributed by atoms with Gasteiger partial charge in [-0.3, -0.25) is 4.79 Å². The van der Waals surface area contributed by atoms with Gasteiger partial charge in [-0.15, -0.1) is 24.8 Å². The maximum absolute atomic E-state index is 12.0. The quantitative estimate of drug-likeness (QED) is 0.712. The molecule has 0 radical (unpaired) electrons. The van der Waals surface area contributed by atoms with E-state index >= 15 is 0 Å². The third kappa shape index (κ3) is 8.57. The maximum Gasteiger partial charge on any atom is 0.232 e. The molecule has 1 aliphatic heterocycles. The Hall–Kier alpha value is 0.320. The maximum atomic E-state index is 12.0. The van der Waals surface area contributed by atoms with Crippen molar-refractivity contribution in [1.82, 2.24) is 15.1 Å². The van der Waals surface area contributed by atoms with Crippen molar-refractivity contribution in [2.45, 2.75) is 26.8 Å². The SMILES string of the molecule is CCN(CC)CCSCC(=O)N1CCNC(C)C1.Cl.Cl. The normalized spacial score (nSPS) is 18.4. The van der Waals surface area contributed by atoms with Gasteiger partial charge in [0.05, 0.1) is 5.75 Å². The predicted molar refractivity (Wildman–Crippen MR) is 93.7 cm³/mol. The lowest BCUT2D eigenvalue weighted by Gasteiger charge is -2.31. The highest BCUT2D eigenvalue weighted by molar-refractivity contribution is 7.99. The zero-order valence-corrected chi connectivity index (χ0v) is 15.2. The average molecular weight is 346 g/mol. The van der Waals surface area contributed by atoms with Gasteiger partial charge in [-0.1, -0.05) is 13.8 Å². The molecule has 1 N–H and O–H groups in total. The zero-order valence-electron chi connectivity index (χ0n) is 12.8. The van der Waals surface area contributed by atoms with Gasteiger partial charge in [0.25, 0.3) is 0 Å². The second-order valence-corrected chi connectivity index (χ2v) is 5.88. The first-order chi connectivity index (χ1) is 8.67. The lowest BCUT2D eigenvalue weighted by atomic mass is 10.2. The summed E-state index contributed by atoms with van der Waals surface area (Å²) in [6, 6.07) is 0.434. The molecule has 1 fully saturated rings. The van der Waals surface area contributed by atoms with Crippen LogP contribution in [-0.2, 0) is 4.79 Å². The van der Waals surface area contributed by atoms with Crippen LogP contribution in [0.25, 0.3) is 0 Å². The number of carbonyl (C=O) groups excluding carboxylic acids is 1. The van der Waals surface area contributed by atoms with Crippen molar-refractivity contribution < 1.29 is 4.79 Å². The molecule has 0 aromatic carbocycles. The lowest BCUT2D eigenvalue weighted by molar-refractivity contribution is -0.129. The van der Waals surface area contributed by atoms with Crippen LogP contribution in [0.1, 0.15) is 20.8 Å². The van der Waals surface area contributed by atoms with E-state index in [-0.39, 0.29) is 24.8 Å². The van der Waals surface area contributed by atoms with E-state index in [0.717, 1.165) is 45.0 Å². The molecular weight excluding hydrogens is 317 g/mol. The first kappa shape index (κ1) is 22.6. The molecule has 0 aromatic rings. The third-order valence-electron chi connectivity index (χ3n) is 3.39. The second kappa shape index (κ2) is 13.0. The minimum absolute atomic E-state index is 0. The van der Waals surface area contributed by atoms with Gasteiger partial charge in [0.2, 0.25) is 5.91 Å². The molecule has 20 heavy (non-hydrogen) atoms. The lowest BCUT2D eigenvalue weighted by Crippen LogP contribution is -2.51. The number of hydrogen-bond acceptors (Lipinski definition) is 4. The Labute approximate surface area is 140 Å². The highest BCUT2D eigenvalue weighted by Gasteiger charge is 2.19. The Morgan fingerprint density at radius 2 is 2.00 bits per heavy atom. The van der Waals surface area contributed by atoms with E-state index in [0.29, 0.717) is 17.7 Å². The average Bonchev–Trinajstić information content (AvgIpc) is 2.38. The largest absolute Gasteiger partial charge is 0.339 e. The molecule has 122 valence electrons. The van der Waals surface area contributed by atoms with Crippen LogP contribution in [0.3, 0.4) is 0 Å². The molecule has 4 nitrogen and oxygen atoms in total. The summed E-state index contributed by atoms with van der Waals surface area (Å²) < 4.78 is 0. The zero-order chi connectivity index (χ0) is 13.4. The Kier molecular flexibility index (Phi) is 14.7. The number of nitrogens with zero attached hydrogens (tertiary/aromatic N) is 2. The summed E-state index contributed by atoms with van der Waals surface area (Å²) in [5.41, 5.74) is 0. The molecule has 0 saturated carbocycles. The van der Waals surface area contributed by atoms with Gasteiger partial charge in [0.1, 0.15) is 0 Å². The summed E-state index contributed by atoms with van der Waals surface area (Å²) in [4.78, 5) is 16.4. The van der Waals surface area contributed by atoms with Crippen molar-refractivity contribution in [3.8, 4) is 0 Å². The summed E-state index contributed by atoms with van der Waals surface area (Å²) in [6.07, 6.45) is 0. The molecule has 1 aliphatic rings. The minimum Gasteiger partial charge on any atom is -0.339 e. The topological polar surface area (TPSA) is 35.6 Å². The van der Waals surface area contributed by atoms with E-state index in [9.17, 15) is 4.79 Å². The third-order valence-corrected chi connectivity index (χ3v) is 4.32. The number of carbonyl (C=O) groups is 1. The molecular formula is C13H29Cl2N3OS. The summed E-state index contributed by atoms with van der Waals surface area (Å²) >= 11 is 1.76. The van der Waals surface area contributed by atoms with Crippen LogP contribution < -0.4 is 5.32 Å². The summed E-state index contributed by atoms with van der Waals surface area (Å²) in [7, 11) is 0. The second-order valence-electron chi connectivity index (χ2n) is 4.77. The Balaban J connectivity index is 0. The molecule has 1 heterocycles. The van der Waals surface area contributed by atoms with Gasteiger partial charge in [0, 0.05) is 38.0 Å². The van der Waals surface area contributed by atoms with Crippen molar-refractivity contribution in [2.24, 2.45) is 0 Å². The van der Waals surface area contributed by atoms with Crippen LogP contribution in [-0.4, -0.2) is 72.5 Å². The van der Waals surface area contributed by atoms with Crippen molar-refractivity contribution in [1.29, 1.82) is 0 Å². The standard InChI is InChI=1S/C13H27N3OS.2ClH/c1-4-15(5-2)8-9-18-11-13(17)16-7-6-14-12(3)10-16;;/h12,14H,4-11H2,1-3H3;2*1H. The molecule has 0 aliphatic carbocycles. The van der Waals surface area contributed by atoms with E-state index in [1.165, 1.54) is 0 Å². The molecule has 0 bridgehead atoms. The summed E-state index contributed by atoms with van der Waals surface area (Å²) in [5.74, 6) is 1.98. The van der Waals surface area contributed by atoms with Crippen LogP contribution in [0.4, 0.5) is 0 Å². The van der Waals surface area contributed by atoms with E-state index in [2.05, 4.69) is 31.0 Å². The van der Waals surface area contributed by atoms with Crippen molar-refractivity contribution >= 4 is 42.5 Å². The van der Waals surface area contributed by atoms with E-state index < -0.39 is 0 Å². The van der Waals surface area contributed by atoms with Gasteiger partial charge >= 0.3 is 0 Å². The van der Waals surface area contributed by atoms with Gasteiger partial charge in [-0.25, -0.2) is 0 Å². The van der Waals surface area contributed by atoms with Crippen molar-refractivity contribution in [2.75, 3.05) is 50.8 Å². The molecule has 1 saturated heterocycles. The Bertz CT molecular complexity index is 256. The van der Waals surface area contributed by atoms with Gasteiger partial charge in [-0.2, -0.15) is 11.8 Å². The first-order valence-corrected chi connectivity index (χ1v) is 8.14. The van der Waals surface area contributed by atoms with Crippen LogP contribution in [0.2, 0.25) is 0 Å². The minimum atomic E-state index is 0. The number of thioether (sulfide) groups is 1. The summed E-state index contributed by atoms with van der Waals surface area (Å²) in [5, 5.41) is 3.36. The van der Waals surface area contributed by atoms with Gasteiger partial charge in [0.15, 0.2) is 0 Å². The van der Waals surface area contributed by atoms with Crippen LogP contribution in [0, 0.1) is 0 Å². The van der Waals surface area contributed by atoms with Crippen LogP contribution >= 0.6 is 36.6 Å². The van der Waals surface area contributed by atoms with E-state index in [1.54, 1.807) is 11.8 Å². The molecule has 0 aromatic heterocycles. The van der Waals surface area contributed by atoms with Crippen LogP contribution in [0.5, 0.6) is 0 Å². The molecule has 1 amide bonds. The number of nitrogens with one attached hydrogen (secondary N) is 1. The molecule has 1 rings (SSSR count). The smallest absolute Gasteiger partial charge is 0.232 e. The summed E-state index contributed by atoms with van der Waals surface area (Å²) in [6.45, 7) is 12.4. The van der Waals surface area contributed by atoms with Gasteiger partial charge < -0.3 is 15.1 Å². The number of piperazine rings is 1. The molecule has 1 atom stereocenters. The number of halogens is 2. The predicted octanol–water partition coefficient (Wildman–Crippen LogP) is 1.73. The van der Waals surface area contributed by atoms with E-state index in [4.69, 9.17) is 0 Å². The fourth-order valence-corrected chi connectivity index (χ4v) is 3.03. The molecule has 0 spiro atoms.